The molecule has 0 fully saturated rings. The second-order valence-electron chi connectivity index (χ2n) is 4.19. The van der Waals surface area contributed by atoms with E-state index in [0.29, 0.717) is 17.9 Å². The zero-order valence-electron chi connectivity index (χ0n) is 10.8. The molecule has 0 saturated heterocycles. The van der Waals surface area contributed by atoms with E-state index in [1.54, 1.807) is 6.07 Å². The third kappa shape index (κ3) is 4.28. The van der Waals surface area contributed by atoms with E-state index in [0.717, 1.165) is 10.6 Å². The minimum Gasteiger partial charge on any atom is -0.398 e. The summed E-state index contributed by atoms with van der Waals surface area (Å²) in [6.07, 6.45) is 0.371. The Morgan fingerprint density at radius 2 is 1.95 bits per heavy atom. The smallest absolute Gasteiger partial charge is 0.225 e. The highest BCUT2D eigenvalue weighted by Gasteiger charge is 2.05. The van der Waals surface area contributed by atoms with E-state index in [9.17, 15) is 9.18 Å². The predicted octanol–water partition coefficient (Wildman–Crippen LogP) is 3.53. The van der Waals surface area contributed by atoms with Gasteiger partial charge in [-0.25, -0.2) is 4.39 Å². The average molecular weight is 290 g/mol. The monoisotopic (exact) mass is 290 g/mol. The molecule has 0 saturated carbocycles. The van der Waals surface area contributed by atoms with Crippen LogP contribution < -0.4 is 11.1 Å². The van der Waals surface area contributed by atoms with Gasteiger partial charge < -0.3 is 11.1 Å². The third-order valence-electron chi connectivity index (χ3n) is 2.62. The molecule has 0 aliphatic carbocycles. The summed E-state index contributed by atoms with van der Waals surface area (Å²) in [5, 5.41) is 2.81. The quantitative estimate of drug-likeness (QED) is 0.654. The molecule has 0 heterocycles. The van der Waals surface area contributed by atoms with Crippen LogP contribution in [-0.4, -0.2) is 11.7 Å². The van der Waals surface area contributed by atoms with Crippen LogP contribution >= 0.6 is 11.8 Å². The lowest BCUT2D eigenvalue weighted by Crippen LogP contribution is -2.12. The molecule has 1 amide bonds. The Bertz CT molecular complexity index is 590. The van der Waals surface area contributed by atoms with Crippen LogP contribution in [0.2, 0.25) is 0 Å². The predicted molar refractivity (Wildman–Crippen MR) is 81.2 cm³/mol. The highest BCUT2D eigenvalue weighted by Crippen LogP contribution is 2.26. The molecular weight excluding hydrogens is 275 g/mol. The standard InChI is InChI=1S/C15H15FN2OS/c16-11-6-7-14(13(17)10-11)20-9-8-15(19)18-12-4-2-1-3-5-12/h1-7,10H,8-9,17H2,(H,18,19). The zero-order valence-corrected chi connectivity index (χ0v) is 11.6. The number of nitrogens with one attached hydrogen (secondary N) is 1. The molecule has 0 spiro atoms. The Balaban J connectivity index is 1.79. The van der Waals surface area contributed by atoms with Crippen molar-refractivity contribution in [3.05, 3.63) is 54.3 Å². The Morgan fingerprint density at radius 3 is 2.65 bits per heavy atom. The number of para-hydroxylation sites is 1. The van der Waals surface area contributed by atoms with Crippen LogP contribution in [0.4, 0.5) is 15.8 Å². The first kappa shape index (κ1) is 14.4. The van der Waals surface area contributed by atoms with Crippen molar-refractivity contribution in [2.45, 2.75) is 11.3 Å². The molecule has 3 nitrogen and oxygen atoms in total. The van der Waals surface area contributed by atoms with E-state index in [1.807, 2.05) is 30.3 Å². The number of halogens is 1. The summed E-state index contributed by atoms with van der Waals surface area (Å²) in [5.41, 5.74) is 6.88. The average Bonchev–Trinajstić information content (AvgIpc) is 2.42. The summed E-state index contributed by atoms with van der Waals surface area (Å²) in [7, 11) is 0. The SMILES string of the molecule is Nc1cc(F)ccc1SCCC(=O)Nc1ccccc1. The highest BCUT2D eigenvalue weighted by atomic mass is 32.2. The number of carbonyl (C=O) groups is 1. The van der Waals surface area contributed by atoms with Gasteiger partial charge in [-0.2, -0.15) is 0 Å². The molecule has 0 atom stereocenters. The molecular formula is C15H15FN2OS. The van der Waals surface area contributed by atoms with E-state index in [2.05, 4.69) is 5.32 Å². The maximum Gasteiger partial charge on any atom is 0.225 e. The van der Waals surface area contributed by atoms with Gasteiger partial charge in [0.25, 0.3) is 0 Å². The van der Waals surface area contributed by atoms with Crippen molar-refractivity contribution in [2.75, 3.05) is 16.8 Å². The molecule has 2 aromatic rings. The molecule has 2 rings (SSSR count). The van der Waals surface area contributed by atoms with Gasteiger partial charge in [0.15, 0.2) is 0 Å². The van der Waals surface area contributed by atoms with Crippen LogP contribution in [0.3, 0.4) is 0 Å². The van der Waals surface area contributed by atoms with Gasteiger partial charge in [-0.3, -0.25) is 4.79 Å². The van der Waals surface area contributed by atoms with Gasteiger partial charge in [0.05, 0.1) is 0 Å². The lowest BCUT2D eigenvalue weighted by atomic mass is 10.3. The van der Waals surface area contributed by atoms with Crippen molar-refractivity contribution in [3.8, 4) is 0 Å². The molecule has 0 aliphatic rings. The number of hydrogen-bond acceptors (Lipinski definition) is 3. The van der Waals surface area contributed by atoms with Gasteiger partial charge in [0.1, 0.15) is 5.82 Å². The molecule has 2 aromatic carbocycles. The fourth-order valence-electron chi connectivity index (χ4n) is 1.65. The number of carbonyl (C=O) groups excluding carboxylic acids is 1. The number of benzene rings is 2. The second-order valence-corrected chi connectivity index (χ2v) is 5.33. The number of amides is 1. The van der Waals surface area contributed by atoms with Gasteiger partial charge in [0, 0.05) is 28.4 Å². The van der Waals surface area contributed by atoms with Gasteiger partial charge in [-0.05, 0) is 30.3 Å². The topological polar surface area (TPSA) is 55.1 Å². The number of hydrogen-bond donors (Lipinski definition) is 2. The number of nitrogen functional groups attached to an aromatic ring is 1. The van der Waals surface area contributed by atoms with Crippen LogP contribution in [0.25, 0.3) is 0 Å². The number of anilines is 2. The van der Waals surface area contributed by atoms with Crippen molar-refractivity contribution < 1.29 is 9.18 Å². The first-order valence-electron chi connectivity index (χ1n) is 6.18. The minimum absolute atomic E-state index is 0.0515. The molecule has 3 N–H and O–H groups in total. The Morgan fingerprint density at radius 1 is 1.20 bits per heavy atom. The van der Waals surface area contributed by atoms with Gasteiger partial charge in [-0.15, -0.1) is 11.8 Å². The van der Waals surface area contributed by atoms with Gasteiger partial charge in [-0.1, -0.05) is 18.2 Å². The van der Waals surface area contributed by atoms with Crippen molar-refractivity contribution >= 4 is 29.0 Å². The Labute approximate surface area is 121 Å². The summed E-state index contributed by atoms with van der Waals surface area (Å²) >= 11 is 1.44. The van der Waals surface area contributed by atoms with Crippen LogP contribution in [0.15, 0.2) is 53.4 Å². The first-order valence-corrected chi connectivity index (χ1v) is 7.16. The molecule has 0 bridgehead atoms. The summed E-state index contributed by atoms with van der Waals surface area (Å²) in [6.45, 7) is 0. The Hall–Kier alpha value is -2.01. The number of thioether (sulfide) groups is 1. The first-order chi connectivity index (χ1) is 9.65. The largest absolute Gasteiger partial charge is 0.398 e. The van der Waals surface area contributed by atoms with E-state index >= 15 is 0 Å². The van der Waals surface area contributed by atoms with Crippen molar-refractivity contribution in [1.82, 2.24) is 0 Å². The molecule has 5 heteroatoms. The van der Waals surface area contributed by atoms with Gasteiger partial charge >= 0.3 is 0 Å². The van der Waals surface area contributed by atoms with Crippen LogP contribution in [0, 0.1) is 5.82 Å². The molecule has 0 aromatic heterocycles. The minimum atomic E-state index is -0.353. The molecule has 104 valence electrons. The van der Waals surface area contributed by atoms with Crippen molar-refractivity contribution in [1.29, 1.82) is 0 Å². The van der Waals surface area contributed by atoms with E-state index in [1.165, 1.54) is 23.9 Å². The number of rotatable bonds is 5. The normalized spacial score (nSPS) is 10.2. The second kappa shape index (κ2) is 6.96. The van der Waals surface area contributed by atoms with Crippen LogP contribution in [0.5, 0.6) is 0 Å². The van der Waals surface area contributed by atoms with Crippen molar-refractivity contribution in [2.24, 2.45) is 0 Å². The van der Waals surface area contributed by atoms with Gasteiger partial charge in [0.2, 0.25) is 5.91 Å². The summed E-state index contributed by atoms with van der Waals surface area (Å²) in [4.78, 5) is 12.5. The van der Waals surface area contributed by atoms with Crippen molar-refractivity contribution in [3.63, 3.8) is 0 Å². The molecule has 20 heavy (non-hydrogen) atoms. The maximum atomic E-state index is 12.9. The molecule has 0 unspecified atom stereocenters. The highest BCUT2D eigenvalue weighted by molar-refractivity contribution is 7.99. The lowest BCUT2D eigenvalue weighted by molar-refractivity contribution is -0.115. The van der Waals surface area contributed by atoms with Crippen LogP contribution in [-0.2, 0) is 4.79 Å². The Kier molecular flexibility index (Phi) is 5.01. The van der Waals surface area contributed by atoms with E-state index in [-0.39, 0.29) is 11.7 Å². The lowest BCUT2D eigenvalue weighted by Gasteiger charge is -2.06. The van der Waals surface area contributed by atoms with E-state index < -0.39 is 0 Å². The fraction of sp³-hybridized carbons (Fsp3) is 0.133. The fourth-order valence-corrected chi connectivity index (χ4v) is 2.55. The molecule has 0 aliphatic heterocycles. The zero-order chi connectivity index (χ0) is 14.4. The van der Waals surface area contributed by atoms with Crippen LogP contribution in [0.1, 0.15) is 6.42 Å². The van der Waals surface area contributed by atoms with E-state index in [4.69, 9.17) is 5.73 Å². The summed E-state index contributed by atoms with van der Waals surface area (Å²) < 4.78 is 12.9. The summed E-state index contributed by atoms with van der Waals surface area (Å²) in [6, 6.07) is 13.6. The molecule has 0 radical (unpaired) electrons. The summed E-state index contributed by atoms with van der Waals surface area (Å²) in [5.74, 6) is 0.187. The maximum absolute atomic E-state index is 12.9. The number of nitrogens with two attached hydrogens (primary N) is 1. The third-order valence-corrected chi connectivity index (χ3v) is 3.71.